The highest BCUT2D eigenvalue weighted by atomic mass is 16.5. The van der Waals surface area contributed by atoms with Crippen molar-refractivity contribution in [1.29, 1.82) is 0 Å². The van der Waals surface area contributed by atoms with Gasteiger partial charge in [0.2, 0.25) is 0 Å². The van der Waals surface area contributed by atoms with E-state index in [0.29, 0.717) is 6.61 Å². The van der Waals surface area contributed by atoms with Crippen LogP contribution in [0.3, 0.4) is 0 Å². The van der Waals surface area contributed by atoms with Gasteiger partial charge in [-0.3, -0.25) is 4.79 Å². The molecule has 86 valence electrons. The molecule has 0 amide bonds. The fourth-order valence-corrected chi connectivity index (χ4v) is 2.13. The van der Waals surface area contributed by atoms with Crippen molar-refractivity contribution in [1.82, 2.24) is 0 Å². The zero-order chi connectivity index (χ0) is 11.4. The summed E-state index contributed by atoms with van der Waals surface area (Å²) in [5.41, 5.74) is 2.07. The Balaban J connectivity index is 2.12. The van der Waals surface area contributed by atoms with Crippen molar-refractivity contribution in [2.45, 2.75) is 26.2 Å². The topological polar surface area (TPSA) is 26.3 Å². The number of hydrogen-bond acceptors (Lipinski definition) is 2. The second-order valence-corrected chi connectivity index (χ2v) is 4.33. The van der Waals surface area contributed by atoms with Crippen LogP contribution in [0, 0.1) is 5.92 Å². The lowest BCUT2D eigenvalue weighted by molar-refractivity contribution is 0.0461. The van der Waals surface area contributed by atoms with E-state index in [2.05, 4.69) is 13.0 Å². The van der Waals surface area contributed by atoms with Crippen LogP contribution >= 0.6 is 0 Å². The number of aryl methyl sites for hydroxylation is 1. The molecule has 0 aliphatic carbocycles. The summed E-state index contributed by atoms with van der Waals surface area (Å²) in [5, 5.41) is 0. The van der Waals surface area contributed by atoms with Crippen LogP contribution in [0.25, 0.3) is 0 Å². The Labute approximate surface area is 96.6 Å². The van der Waals surface area contributed by atoms with Crippen molar-refractivity contribution in [3.63, 3.8) is 0 Å². The van der Waals surface area contributed by atoms with Gasteiger partial charge in [0.25, 0.3) is 0 Å². The van der Waals surface area contributed by atoms with Gasteiger partial charge in [0, 0.05) is 18.1 Å². The molecule has 0 saturated carbocycles. The highest BCUT2D eigenvalue weighted by Crippen LogP contribution is 2.19. The summed E-state index contributed by atoms with van der Waals surface area (Å²) in [4.78, 5) is 12.2. The van der Waals surface area contributed by atoms with E-state index in [1.54, 1.807) is 0 Å². The van der Waals surface area contributed by atoms with Crippen molar-refractivity contribution in [3.8, 4) is 0 Å². The fraction of sp³-hybridized carbons (Fsp3) is 0.500. The summed E-state index contributed by atoms with van der Waals surface area (Å²) in [6.45, 7) is 3.50. The largest absolute Gasteiger partial charge is 0.381 e. The van der Waals surface area contributed by atoms with Crippen LogP contribution in [-0.4, -0.2) is 19.0 Å². The normalized spacial score (nSPS) is 20.7. The Morgan fingerprint density at radius 3 is 3.06 bits per heavy atom. The molecule has 0 N–H and O–H groups in total. The molecule has 2 heteroatoms. The Morgan fingerprint density at radius 1 is 1.50 bits per heavy atom. The lowest BCUT2D eigenvalue weighted by Crippen LogP contribution is -2.25. The maximum absolute atomic E-state index is 12.2. The zero-order valence-corrected chi connectivity index (χ0v) is 9.74. The first-order valence-corrected chi connectivity index (χ1v) is 6.02. The minimum absolute atomic E-state index is 0.0702. The van der Waals surface area contributed by atoms with Crippen molar-refractivity contribution in [2.24, 2.45) is 5.92 Å². The molecular formula is C14H18O2. The molecule has 1 aliphatic rings. The first-order valence-electron chi connectivity index (χ1n) is 6.02. The van der Waals surface area contributed by atoms with Gasteiger partial charge >= 0.3 is 0 Å². The summed E-state index contributed by atoms with van der Waals surface area (Å²) in [6, 6.07) is 7.96. The summed E-state index contributed by atoms with van der Waals surface area (Å²) in [5.74, 6) is 0.316. The van der Waals surface area contributed by atoms with Crippen LogP contribution in [0.4, 0.5) is 0 Å². The molecule has 1 atom stereocenters. The molecule has 0 aromatic heterocycles. The third kappa shape index (κ3) is 2.50. The van der Waals surface area contributed by atoms with Crippen LogP contribution in [0.2, 0.25) is 0 Å². The third-order valence-electron chi connectivity index (χ3n) is 3.15. The van der Waals surface area contributed by atoms with Gasteiger partial charge in [0.05, 0.1) is 6.61 Å². The molecule has 2 rings (SSSR count). The molecule has 1 fully saturated rings. The molecule has 1 saturated heterocycles. The van der Waals surface area contributed by atoms with Gasteiger partial charge in [-0.15, -0.1) is 0 Å². The number of benzene rings is 1. The van der Waals surface area contributed by atoms with Crippen LogP contribution in [0.1, 0.15) is 35.7 Å². The number of carbonyl (C=O) groups is 1. The molecular weight excluding hydrogens is 200 g/mol. The SMILES string of the molecule is CCc1cccc(C(=O)C2CCCOC2)c1. The predicted molar refractivity (Wildman–Crippen MR) is 63.7 cm³/mol. The maximum atomic E-state index is 12.2. The Morgan fingerprint density at radius 2 is 2.38 bits per heavy atom. The Bertz CT molecular complexity index is 365. The summed E-state index contributed by atoms with van der Waals surface area (Å²) >= 11 is 0. The van der Waals surface area contributed by atoms with E-state index >= 15 is 0 Å². The number of Topliss-reactive ketones (excluding diaryl/α,β-unsaturated/α-hetero) is 1. The van der Waals surface area contributed by atoms with Crippen LogP contribution in [-0.2, 0) is 11.2 Å². The summed E-state index contributed by atoms with van der Waals surface area (Å²) < 4.78 is 5.36. The second-order valence-electron chi connectivity index (χ2n) is 4.33. The maximum Gasteiger partial charge on any atom is 0.168 e. The highest BCUT2D eigenvalue weighted by molar-refractivity contribution is 5.98. The third-order valence-corrected chi connectivity index (χ3v) is 3.15. The fourth-order valence-electron chi connectivity index (χ4n) is 2.13. The second kappa shape index (κ2) is 5.26. The van der Waals surface area contributed by atoms with Gasteiger partial charge in [-0.25, -0.2) is 0 Å². The average molecular weight is 218 g/mol. The van der Waals surface area contributed by atoms with E-state index < -0.39 is 0 Å². The zero-order valence-electron chi connectivity index (χ0n) is 9.74. The van der Waals surface area contributed by atoms with Crippen molar-refractivity contribution < 1.29 is 9.53 Å². The number of hydrogen-bond donors (Lipinski definition) is 0. The lowest BCUT2D eigenvalue weighted by Gasteiger charge is -2.20. The molecule has 0 radical (unpaired) electrons. The van der Waals surface area contributed by atoms with Gasteiger partial charge in [-0.05, 0) is 30.9 Å². The van der Waals surface area contributed by atoms with Crippen LogP contribution in [0.5, 0.6) is 0 Å². The molecule has 0 bridgehead atoms. The van der Waals surface area contributed by atoms with E-state index in [4.69, 9.17) is 4.74 Å². The minimum Gasteiger partial charge on any atom is -0.381 e. The van der Waals surface area contributed by atoms with Crippen molar-refractivity contribution in [2.75, 3.05) is 13.2 Å². The summed E-state index contributed by atoms with van der Waals surface area (Å²) in [7, 11) is 0. The van der Waals surface area contributed by atoms with Gasteiger partial charge in [0.15, 0.2) is 5.78 Å². The van der Waals surface area contributed by atoms with Gasteiger partial charge in [0.1, 0.15) is 0 Å². The first kappa shape index (κ1) is 11.3. The van der Waals surface area contributed by atoms with E-state index in [9.17, 15) is 4.79 Å². The van der Waals surface area contributed by atoms with Gasteiger partial charge < -0.3 is 4.74 Å². The number of ether oxygens (including phenoxy) is 1. The molecule has 1 unspecified atom stereocenters. The smallest absolute Gasteiger partial charge is 0.168 e. The molecule has 16 heavy (non-hydrogen) atoms. The van der Waals surface area contributed by atoms with Crippen molar-refractivity contribution >= 4 is 5.78 Å². The summed E-state index contributed by atoms with van der Waals surface area (Å²) in [6.07, 6.45) is 2.95. The molecule has 1 heterocycles. The molecule has 0 spiro atoms. The monoisotopic (exact) mass is 218 g/mol. The van der Waals surface area contributed by atoms with Gasteiger partial charge in [-0.2, -0.15) is 0 Å². The molecule has 1 aromatic carbocycles. The molecule has 1 aromatic rings. The lowest BCUT2D eigenvalue weighted by atomic mass is 9.92. The Hall–Kier alpha value is -1.15. The van der Waals surface area contributed by atoms with Crippen molar-refractivity contribution in [3.05, 3.63) is 35.4 Å². The Kier molecular flexibility index (Phi) is 3.73. The van der Waals surface area contributed by atoms with E-state index in [1.807, 2.05) is 18.2 Å². The predicted octanol–water partition coefficient (Wildman–Crippen LogP) is 2.86. The van der Waals surface area contributed by atoms with E-state index in [0.717, 1.165) is 31.4 Å². The standard InChI is InChI=1S/C14H18O2/c1-2-11-5-3-6-12(9-11)14(15)13-7-4-8-16-10-13/h3,5-6,9,13H,2,4,7-8,10H2,1H3. The van der Waals surface area contributed by atoms with Crippen LogP contribution < -0.4 is 0 Å². The van der Waals surface area contributed by atoms with Crippen LogP contribution in [0.15, 0.2) is 24.3 Å². The highest BCUT2D eigenvalue weighted by Gasteiger charge is 2.22. The molecule has 2 nitrogen and oxygen atoms in total. The quantitative estimate of drug-likeness (QED) is 0.729. The number of ketones is 1. The van der Waals surface area contributed by atoms with Gasteiger partial charge in [-0.1, -0.05) is 25.1 Å². The molecule has 1 aliphatic heterocycles. The first-order chi connectivity index (χ1) is 7.81. The minimum atomic E-state index is 0.0702. The average Bonchev–Trinajstić information content (AvgIpc) is 2.39. The number of rotatable bonds is 3. The van der Waals surface area contributed by atoms with E-state index in [1.165, 1.54) is 5.56 Å². The van der Waals surface area contributed by atoms with E-state index in [-0.39, 0.29) is 11.7 Å². The number of carbonyl (C=O) groups excluding carboxylic acids is 1.